The molecule has 1 heterocycles. The molecule has 0 aromatic heterocycles. The van der Waals surface area contributed by atoms with Gasteiger partial charge < -0.3 is 10.1 Å². The Morgan fingerprint density at radius 3 is 3.00 bits per heavy atom. The fourth-order valence-corrected chi connectivity index (χ4v) is 3.10. The van der Waals surface area contributed by atoms with Crippen LogP contribution in [-0.4, -0.2) is 18.8 Å². The van der Waals surface area contributed by atoms with Gasteiger partial charge in [-0.2, -0.15) is 0 Å². The lowest BCUT2D eigenvalue weighted by molar-refractivity contribution is 0.00925. The van der Waals surface area contributed by atoms with Crippen LogP contribution in [0.1, 0.15) is 26.2 Å². The Morgan fingerprint density at radius 2 is 2.33 bits per heavy atom. The number of hydrogen-bond acceptors (Lipinski definition) is 2. The predicted octanol–water partition coefficient (Wildman–Crippen LogP) is 4.61. The smallest absolute Gasteiger partial charge is 0.125 e. The van der Waals surface area contributed by atoms with E-state index in [9.17, 15) is 4.39 Å². The molecule has 0 spiro atoms. The molecular weight excluding hydrogens is 321 g/mol. The van der Waals surface area contributed by atoms with Crippen LogP contribution in [0.15, 0.2) is 16.6 Å². The average Bonchev–Trinajstić information content (AvgIpc) is 2.34. The molecule has 1 aliphatic rings. The van der Waals surface area contributed by atoms with Gasteiger partial charge in [-0.15, -0.1) is 0 Å². The van der Waals surface area contributed by atoms with E-state index in [1.165, 1.54) is 12.1 Å². The van der Waals surface area contributed by atoms with E-state index in [0.717, 1.165) is 31.6 Å². The summed E-state index contributed by atoms with van der Waals surface area (Å²) in [6, 6.07) is 3.07. The van der Waals surface area contributed by atoms with Crippen LogP contribution in [-0.2, 0) is 4.74 Å². The van der Waals surface area contributed by atoms with E-state index in [1.54, 1.807) is 0 Å². The van der Waals surface area contributed by atoms with Crippen molar-refractivity contribution in [2.45, 2.75) is 38.3 Å². The Balaban J connectivity index is 2.09. The van der Waals surface area contributed by atoms with E-state index in [1.807, 2.05) is 0 Å². The Morgan fingerprint density at radius 1 is 1.56 bits per heavy atom. The lowest BCUT2D eigenvalue weighted by Crippen LogP contribution is -2.33. The topological polar surface area (TPSA) is 21.3 Å². The molecule has 0 radical (unpaired) electrons. The summed E-state index contributed by atoms with van der Waals surface area (Å²) >= 11 is 9.40. The molecule has 1 fully saturated rings. The van der Waals surface area contributed by atoms with E-state index in [2.05, 4.69) is 28.2 Å². The lowest BCUT2D eigenvalue weighted by atomic mass is 10.0. The van der Waals surface area contributed by atoms with Gasteiger partial charge in [0.15, 0.2) is 0 Å². The van der Waals surface area contributed by atoms with Crippen molar-refractivity contribution in [2.24, 2.45) is 0 Å². The fourth-order valence-electron chi connectivity index (χ4n) is 2.18. The molecule has 1 saturated heterocycles. The minimum absolute atomic E-state index is 0.300. The fraction of sp³-hybridized carbons (Fsp3) is 0.538. The standard InChI is InChI=1S/C13H16BrClFNO/c1-2-10-7-9(3-4-18-10)17-13-11(14)5-8(16)6-12(13)15/h5-6,9-10,17H,2-4,7H2,1H3. The summed E-state index contributed by atoms with van der Waals surface area (Å²) in [4.78, 5) is 0. The van der Waals surface area contributed by atoms with Gasteiger partial charge in [-0.1, -0.05) is 18.5 Å². The third-order valence-electron chi connectivity index (χ3n) is 3.18. The minimum atomic E-state index is -0.337. The molecule has 1 aliphatic heterocycles. The minimum Gasteiger partial charge on any atom is -0.380 e. The summed E-state index contributed by atoms with van der Waals surface area (Å²) in [6.07, 6.45) is 3.21. The monoisotopic (exact) mass is 335 g/mol. The van der Waals surface area contributed by atoms with Gasteiger partial charge in [-0.25, -0.2) is 4.39 Å². The van der Waals surface area contributed by atoms with Gasteiger partial charge in [0.05, 0.1) is 16.8 Å². The highest BCUT2D eigenvalue weighted by atomic mass is 79.9. The summed E-state index contributed by atoms with van der Waals surface area (Å²) in [5, 5.41) is 3.79. The van der Waals surface area contributed by atoms with Gasteiger partial charge in [0.1, 0.15) is 5.82 Å². The second-order valence-corrected chi connectivity index (χ2v) is 5.77. The van der Waals surface area contributed by atoms with Crippen LogP contribution in [0, 0.1) is 5.82 Å². The first-order chi connectivity index (χ1) is 8.60. The first-order valence-corrected chi connectivity index (χ1v) is 7.30. The zero-order chi connectivity index (χ0) is 13.1. The van der Waals surface area contributed by atoms with E-state index in [0.29, 0.717) is 21.6 Å². The van der Waals surface area contributed by atoms with E-state index in [4.69, 9.17) is 16.3 Å². The first kappa shape index (κ1) is 14.1. The molecule has 0 aliphatic carbocycles. The van der Waals surface area contributed by atoms with Gasteiger partial charge in [0.25, 0.3) is 0 Å². The molecule has 2 atom stereocenters. The number of benzene rings is 1. The Kier molecular flexibility index (Phi) is 4.87. The molecule has 2 rings (SSSR count). The average molecular weight is 337 g/mol. The SMILES string of the molecule is CCC1CC(Nc2c(Cl)cc(F)cc2Br)CCO1. The third kappa shape index (κ3) is 3.37. The van der Waals surface area contributed by atoms with Crippen LogP contribution in [0.4, 0.5) is 10.1 Å². The highest BCUT2D eigenvalue weighted by Gasteiger charge is 2.22. The molecule has 0 amide bonds. The van der Waals surface area contributed by atoms with Crippen LogP contribution in [0.3, 0.4) is 0 Å². The Hall–Kier alpha value is -0.320. The maximum Gasteiger partial charge on any atom is 0.125 e. The summed E-state index contributed by atoms with van der Waals surface area (Å²) < 4.78 is 19.4. The lowest BCUT2D eigenvalue weighted by Gasteiger charge is -2.30. The second-order valence-electron chi connectivity index (χ2n) is 4.51. The van der Waals surface area contributed by atoms with Crippen molar-refractivity contribution >= 4 is 33.2 Å². The molecule has 0 bridgehead atoms. The normalized spacial score (nSPS) is 24.0. The van der Waals surface area contributed by atoms with Gasteiger partial charge >= 0.3 is 0 Å². The van der Waals surface area contributed by atoms with E-state index in [-0.39, 0.29) is 5.82 Å². The number of halogens is 3. The van der Waals surface area contributed by atoms with Gasteiger partial charge in [-0.05, 0) is 47.3 Å². The summed E-state index contributed by atoms with van der Waals surface area (Å²) in [5.41, 5.74) is 0.764. The van der Waals surface area contributed by atoms with Crippen molar-refractivity contribution < 1.29 is 9.13 Å². The molecule has 5 heteroatoms. The molecular formula is C13H16BrClFNO. The van der Waals surface area contributed by atoms with Crippen molar-refractivity contribution in [3.05, 3.63) is 27.4 Å². The summed E-state index contributed by atoms with van der Waals surface area (Å²) in [5.74, 6) is -0.337. The van der Waals surface area contributed by atoms with Gasteiger partial charge in [0, 0.05) is 17.1 Å². The van der Waals surface area contributed by atoms with Gasteiger partial charge in [0.2, 0.25) is 0 Å². The molecule has 2 unspecified atom stereocenters. The Labute approximate surface area is 120 Å². The van der Waals surface area contributed by atoms with Crippen molar-refractivity contribution in [3.63, 3.8) is 0 Å². The highest BCUT2D eigenvalue weighted by Crippen LogP contribution is 2.33. The van der Waals surface area contributed by atoms with Crippen molar-refractivity contribution in [2.75, 3.05) is 11.9 Å². The molecule has 2 nitrogen and oxygen atoms in total. The number of hydrogen-bond donors (Lipinski definition) is 1. The zero-order valence-corrected chi connectivity index (χ0v) is 12.5. The highest BCUT2D eigenvalue weighted by molar-refractivity contribution is 9.10. The maximum absolute atomic E-state index is 13.1. The van der Waals surface area contributed by atoms with Crippen LogP contribution < -0.4 is 5.32 Å². The van der Waals surface area contributed by atoms with Crippen molar-refractivity contribution in [3.8, 4) is 0 Å². The first-order valence-electron chi connectivity index (χ1n) is 6.12. The number of ether oxygens (including phenoxy) is 1. The number of nitrogens with one attached hydrogen (secondary N) is 1. The van der Waals surface area contributed by atoms with Crippen LogP contribution in [0.2, 0.25) is 5.02 Å². The third-order valence-corrected chi connectivity index (χ3v) is 4.10. The van der Waals surface area contributed by atoms with Crippen molar-refractivity contribution in [1.82, 2.24) is 0 Å². The van der Waals surface area contributed by atoms with Crippen molar-refractivity contribution in [1.29, 1.82) is 0 Å². The quantitative estimate of drug-likeness (QED) is 0.870. The summed E-state index contributed by atoms with van der Waals surface area (Å²) in [6.45, 7) is 2.88. The second kappa shape index (κ2) is 6.22. The molecule has 0 saturated carbocycles. The van der Waals surface area contributed by atoms with Crippen LogP contribution >= 0.6 is 27.5 Å². The largest absolute Gasteiger partial charge is 0.380 e. The zero-order valence-electron chi connectivity index (χ0n) is 10.2. The predicted molar refractivity (Wildman–Crippen MR) is 75.8 cm³/mol. The molecule has 100 valence electrons. The van der Waals surface area contributed by atoms with E-state index >= 15 is 0 Å². The van der Waals surface area contributed by atoms with E-state index < -0.39 is 0 Å². The molecule has 1 aromatic carbocycles. The Bertz CT molecular complexity index is 406. The van der Waals surface area contributed by atoms with Gasteiger partial charge in [-0.3, -0.25) is 0 Å². The maximum atomic E-state index is 13.1. The van der Waals surface area contributed by atoms with Crippen LogP contribution in [0.25, 0.3) is 0 Å². The molecule has 18 heavy (non-hydrogen) atoms. The molecule has 1 aromatic rings. The molecule has 1 N–H and O–H groups in total. The summed E-state index contributed by atoms with van der Waals surface area (Å²) in [7, 11) is 0. The number of rotatable bonds is 3. The number of anilines is 1. The van der Waals surface area contributed by atoms with Crippen LogP contribution in [0.5, 0.6) is 0 Å².